The maximum atomic E-state index is 2.51. The predicted octanol–water partition coefficient (Wildman–Crippen LogP) is 7.65. The van der Waals surface area contributed by atoms with E-state index in [0.29, 0.717) is 0 Å². The summed E-state index contributed by atoms with van der Waals surface area (Å²) in [5, 5.41) is 7.55. The van der Waals surface area contributed by atoms with Gasteiger partial charge in [-0.2, -0.15) is 8.80 Å². The molecule has 0 spiro atoms. The first-order chi connectivity index (χ1) is 17.7. The van der Waals surface area contributed by atoms with Crippen LogP contribution >= 0.6 is 0 Å². The average molecular weight is 463 g/mol. The van der Waals surface area contributed by atoms with E-state index in [2.05, 4.69) is 137 Å². The highest BCUT2D eigenvalue weighted by Gasteiger charge is 2.27. The molecule has 170 valence electrons. The summed E-state index contributed by atoms with van der Waals surface area (Å²) in [6.45, 7) is 2.24. The SMILES string of the molecule is Cc1cccc2c3ccccc3c3ccccc3c3cccc4c3n(c12)c1n4c2ccccc2[n+]1C. The van der Waals surface area contributed by atoms with Crippen molar-refractivity contribution in [3.05, 3.63) is 115 Å². The van der Waals surface area contributed by atoms with Gasteiger partial charge in [-0.3, -0.25) is 0 Å². The van der Waals surface area contributed by atoms with Crippen LogP contribution in [0.15, 0.2) is 109 Å². The zero-order chi connectivity index (χ0) is 24.0. The minimum absolute atomic E-state index is 1.16. The molecule has 3 nitrogen and oxygen atoms in total. The lowest BCUT2D eigenvalue weighted by Gasteiger charge is -2.03. The zero-order valence-corrected chi connectivity index (χ0v) is 20.2. The summed E-state index contributed by atoms with van der Waals surface area (Å²) >= 11 is 0. The highest BCUT2D eigenvalue weighted by atomic mass is 15.2. The first-order valence-electron chi connectivity index (χ1n) is 12.5. The van der Waals surface area contributed by atoms with Gasteiger partial charge in [-0.25, -0.2) is 4.57 Å². The maximum Gasteiger partial charge on any atom is 0.375 e. The van der Waals surface area contributed by atoms with E-state index < -0.39 is 0 Å². The summed E-state index contributed by atoms with van der Waals surface area (Å²) in [7, 11) is 2.19. The van der Waals surface area contributed by atoms with Gasteiger partial charge in [0, 0.05) is 10.8 Å². The molecule has 0 aliphatic rings. The second-order valence-electron chi connectivity index (χ2n) is 9.75. The van der Waals surface area contributed by atoms with Gasteiger partial charge in [-0.15, -0.1) is 0 Å². The van der Waals surface area contributed by atoms with Gasteiger partial charge in [0.2, 0.25) is 0 Å². The first kappa shape index (κ1) is 19.7. The predicted molar refractivity (Wildman–Crippen MR) is 151 cm³/mol. The van der Waals surface area contributed by atoms with E-state index in [1.54, 1.807) is 0 Å². The van der Waals surface area contributed by atoms with Gasteiger partial charge in [-0.1, -0.05) is 91.0 Å². The topological polar surface area (TPSA) is 12.7 Å². The Labute approximate surface area is 207 Å². The smallest absolute Gasteiger partial charge is 0.230 e. The molecular weight excluding hydrogens is 438 g/mol. The molecule has 0 unspecified atom stereocenters. The third kappa shape index (κ3) is 2.35. The number of aryl methyl sites for hydroxylation is 2. The number of nitrogens with zero attached hydrogens (tertiary/aromatic N) is 3. The van der Waals surface area contributed by atoms with E-state index in [4.69, 9.17) is 0 Å². The van der Waals surface area contributed by atoms with Crippen molar-refractivity contribution < 1.29 is 4.57 Å². The van der Waals surface area contributed by atoms with Crippen LogP contribution in [-0.4, -0.2) is 8.80 Å². The molecule has 0 fully saturated rings. The van der Waals surface area contributed by atoms with Crippen LogP contribution in [0, 0.1) is 6.92 Å². The van der Waals surface area contributed by atoms with E-state index >= 15 is 0 Å². The fraction of sp³-hybridized carbons (Fsp3) is 0.0606. The number of imidazole rings is 2. The molecule has 8 aromatic rings. The molecule has 0 aliphatic carbocycles. The Morgan fingerprint density at radius 2 is 0.972 bits per heavy atom. The Hall–Kier alpha value is -4.63. The molecule has 0 radical (unpaired) electrons. The Balaban J connectivity index is 1.92. The Morgan fingerprint density at radius 3 is 1.67 bits per heavy atom. The second-order valence-corrected chi connectivity index (χ2v) is 9.75. The molecular formula is C33H24N3+. The minimum atomic E-state index is 1.16. The van der Waals surface area contributed by atoms with Crippen molar-refractivity contribution >= 4 is 65.7 Å². The lowest BCUT2D eigenvalue weighted by atomic mass is 10.0. The summed E-state index contributed by atoms with van der Waals surface area (Å²) in [4.78, 5) is 0. The van der Waals surface area contributed by atoms with Crippen LogP contribution in [0.2, 0.25) is 0 Å². The molecule has 36 heavy (non-hydrogen) atoms. The molecule has 5 aromatic carbocycles. The molecule has 3 heterocycles. The number of hydrogen-bond donors (Lipinski definition) is 0. The molecule has 0 saturated carbocycles. The standard InChI is InChI=1S/C33H24N3/c1-21-11-9-16-26-24-14-5-3-12-22(24)23-13-4-6-15-25(23)27-17-10-20-30-32(27)36(31(21)26)33-34(2)28-18-7-8-19-29(28)35(30)33/h3-20H,1-2H3/q+1. The summed E-state index contributed by atoms with van der Waals surface area (Å²) in [6.07, 6.45) is 0. The van der Waals surface area contributed by atoms with Crippen molar-refractivity contribution in [1.29, 1.82) is 0 Å². The number of para-hydroxylation sites is 4. The van der Waals surface area contributed by atoms with Gasteiger partial charge in [-0.05, 0) is 52.2 Å². The van der Waals surface area contributed by atoms with E-state index in [1.807, 2.05) is 0 Å². The lowest BCUT2D eigenvalue weighted by Crippen LogP contribution is -2.28. The van der Waals surface area contributed by atoms with Gasteiger partial charge in [0.1, 0.15) is 22.1 Å². The fourth-order valence-corrected chi connectivity index (χ4v) is 6.34. The average Bonchev–Trinajstić information content (AvgIpc) is 3.42. The van der Waals surface area contributed by atoms with Crippen molar-refractivity contribution in [1.82, 2.24) is 8.80 Å². The molecule has 8 rings (SSSR count). The second kappa shape index (κ2) is 6.96. The van der Waals surface area contributed by atoms with Crippen LogP contribution in [0.1, 0.15) is 5.56 Å². The molecule has 0 aliphatic heterocycles. The van der Waals surface area contributed by atoms with Crippen LogP contribution in [0.25, 0.3) is 65.7 Å². The van der Waals surface area contributed by atoms with Crippen LogP contribution < -0.4 is 4.57 Å². The van der Waals surface area contributed by atoms with Crippen LogP contribution in [-0.2, 0) is 7.05 Å². The molecule has 0 saturated heterocycles. The van der Waals surface area contributed by atoms with Gasteiger partial charge >= 0.3 is 5.78 Å². The number of fused-ring (bicyclic) bond motifs is 12. The highest BCUT2D eigenvalue weighted by molar-refractivity contribution is 6.21. The number of rotatable bonds is 0. The zero-order valence-electron chi connectivity index (χ0n) is 20.2. The van der Waals surface area contributed by atoms with Crippen molar-refractivity contribution in [2.24, 2.45) is 7.05 Å². The molecule has 0 amide bonds. The van der Waals surface area contributed by atoms with Crippen LogP contribution in [0.5, 0.6) is 0 Å². The van der Waals surface area contributed by atoms with E-state index in [1.165, 1.54) is 65.5 Å². The monoisotopic (exact) mass is 462 g/mol. The fourth-order valence-electron chi connectivity index (χ4n) is 6.34. The summed E-state index contributed by atoms with van der Waals surface area (Å²) in [5.74, 6) is 1.16. The van der Waals surface area contributed by atoms with Gasteiger partial charge in [0.05, 0.1) is 7.05 Å². The summed E-state index contributed by atoms with van der Waals surface area (Å²) in [5.41, 5.74) is 7.39. The molecule has 0 bridgehead atoms. The minimum Gasteiger partial charge on any atom is -0.230 e. The summed E-state index contributed by atoms with van der Waals surface area (Å²) < 4.78 is 7.28. The van der Waals surface area contributed by atoms with Crippen LogP contribution in [0.3, 0.4) is 0 Å². The normalized spacial score (nSPS) is 12.2. The van der Waals surface area contributed by atoms with Gasteiger partial charge < -0.3 is 0 Å². The van der Waals surface area contributed by atoms with Gasteiger partial charge in [0.15, 0.2) is 5.52 Å². The molecule has 0 N–H and O–H groups in total. The number of hydrogen-bond acceptors (Lipinski definition) is 0. The molecule has 3 aromatic heterocycles. The number of aromatic nitrogens is 3. The Kier molecular flexibility index (Phi) is 3.80. The van der Waals surface area contributed by atoms with Gasteiger partial charge in [0.25, 0.3) is 0 Å². The summed E-state index contributed by atoms with van der Waals surface area (Å²) in [6, 6.07) is 39.9. The van der Waals surface area contributed by atoms with Crippen molar-refractivity contribution in [3.63, 3.8) is 0 Å². The van der Waals surface area contributed by atoms with E-state index in [-0.39, 0.29) is 0 Å². The largest absolute Gasteiger partial charge is 0.375 e. The van der Waals surface area contributed by atoms with Crippen molar-refractivity contribution in [2.45, 2.75) is 6.92 Å². The third-order valence-electron chi connectivity index (χ3n) is 7.85. The molecule has 0 atom stereocenters. The maximum absolute atomic E-state index is 2.51. The Bertz CT molecular complexity index is 2230. The quantitative estimate of drug-likeness (QED) is 0.205. The lowest BCUT2D eigenvalue weighted by molar-refractivity contribution is -0.620. The van der Waals surface area contributed by atoms with Crippen molar-refractivity contribution in [3.8, 4) is 0 Å². The van der Waals surface area contributed by atoms with Crippen molar-refractivity contribution in [2.75, 3.05) is 0 Å². The Morgan fingerprint density at radius 1 is 0.472 bits per heavy atom. The van der Waals surface area contributed by atoms with E-state index in [9.17, 15) is 0 Å². The molecule has 3 heteroatoms. The van der Waals surface area contributed by atoms with Crippen LogP contribution in [0.4, 0.5) is 0 Å². The first-order valence-corrected chi connectivity index (χ1v) is 12.5. The number of benzene rings is 5. The van der Waals surface area contributed by atoms with E-state index in [0.717, 1.165) is 5.78 Å². The highest BCUT2D eigenvalue weighted by Crippen LogP contribution is 2.37. The third-order valence-corrected chi connectivity index (χ3v) is 7.85.